The van der Waals surface area contributed by atoms with Crippen molar-refractivity contribution in [3.8, 4) is 11.5 Å². The zero-order valence-corrected chi connectivity index (χ0v) is 15.3. The number of fused-ring (bicyclic) bond motifs is 1. The fourth-order valence-corrected chi connectivity index (χ4v) is 3.29. The maximum Gasteiger partial charge on any atom is 0.251 e. The zero-order valence-electron chi connectivity index (χ0n) is 14.5. The number of ether oxygens (including phenoxy) is 2. The minimum atomic E-state index is -3.42. The van der Waals surface area contributed by atoms with E-state index in [2.05, 4.69) is 10.0 Å². The maximum atomic E-state index is 12.6. The van der Waals surface area contributed by atoms with E-state index in [0.717, 1.165) is 6.26 Å². The van der Waals surface area contributed by atoms with Gasteiger partial charge in [0.15, 0.2) is 11.5 Å². The smallest absolute Gasteiger partial charge is 0.251 e. The van der Waals surface area contributed by atoms with Crippen molar-refractivity contribution in [3.63, 3.8) is 0 Å². The molecule has 0 spiro atoms. The molecule has 2 aromatic carbocycles. The Balaban J connectivity index is 1.78. The van der Waals surface area contributed by atoms with Crippen LogP contribution < -0.4 is 19.5 Å². The highest BCUT2D eigenvalue weighted by molar-refractivity contribution is 7.92. The summed E-state index contributed by atoms with van der Waals surface area (Å²) in [6.07, 6.45) is 1.09. The van der Waals surface area contributed by atoms with E-state index in [9.17, 15) is 13.2 Å². The van der Waals surface area contributed by atoms with E-state index in [1.807, 2.05) is 0 Å². The number of rotatable bonds is 5. The Kier molecular flexibility index (Phi) is 5.03. The molecule has 2 aromatic rings. The van der Waals surface area contributed by atoms with Gasteiger partial charge in [-0.05, 0) is 36.8 Å². The van der Waals surface area contributed by atoms with E-state index in [0.29, 0.717) is 41.5 Å². The van der Waals surface area contributed by atoms with Crippen LogP contribution in [0.3, 0.4) is 0 Å². The first-order chi connectivity index (χ1) is 12.3. The minimum Gasteiger partial charge on any atom is -0.486 e. The van der Waals surface area contributed by atoms with Gasteiger partial charge in [0.25, 0.3) is 5.91 Å². The fourth-order valence-electron chi connectivity index (χ4n) is 2.71. The SMILES string of the molecule is CC(NC(=O)c1ccc2c(c1)OCCO2)c1ccccc1NS(C)(=O)=O. The van der Waals surface area contributed by atoms with Crippen LogP contribution in [0.15, 0.2) is 42.5 Å². The average Bonchev–Trinajstić information content (AvgIpc) is 2.60. The minimum absolute atomic E-state index is 0.288. The third-order valence-electron chi connectivity index (χ3n) is 3.87. The topological polar surface area (TPSA) is 93.7 Å². The second-order valence-corrected chi connectivity index (χ2v) is 7.76. The number of amides is 1. The summed E-state index contributed by atoms with van der Waals surface area (Å²) < 4.78 is 36.5. The lowest BCUT2D eigenvalue weighted by Crippen LogP contribution is -2.27. The number of hydrogen-bond donors (Lipinski definition) is 2. The Morgan fingerprint density at radius 3 is 2.50 bits per heavy atom. The number of sulfonamides is 1. The molecule has 7 nitrogen and oxygen atoms in total. The highest BCUT2D eigenvalue weighted by Crippen LogP contribution is 2.31. The van der Waals surface area contributed by atoms with Crippen molar-refractivity contribution >= 4 is 21.6 Å². The molecule has 1 aliphatic rings. The van der Waals surface area contributed by atoms with Crippen LogP contribution in [0.1, 0.15) is 28.9 Å². The zero-order chi connectivity index (χ0) is 18.7. The molecule has 1 aliphatic heterocycles. The van der Waals surface area contributed by atoms with Crippen LogP contribution in [0, 0.1) is 0 Å². The first-order valence-electron chi connectivity index (χ1n) is 8.11. The van der Waals surface area contributed by atoms with Crippen molar-refractivity contribution < 1.29 is 22.7 Å². The van der Waals surface area contributed by atoms with Crippen molar-refractivity contribution in [3.05, 3.63) is 53.6 Å². The summed E-state index contributed by atoms with van der Waals surface area (Å²) in [6.45, 7) is 2.72. The molecule has 0 saturated heterocycles. The molecule has 3 rings (SSSR count). The van der Waals surface area contributed by atoms with Crippen LogP contribution in [0.4, 0.5) is 5.69 Å². The predicted octanol–water partition coefficient (Wildman–Crippen LogP) is 2.32. The van der Waals surface area contributed by atoms with E-state index in [-0.39, 0.29) is 5.91 Å². The third-order valence-corrected chi connectivity index (χ3v) is 4.47. The number of carbonyl (C=O) groups is 1. The molecule has 0 aliphatic carbocycles. The number of anilines is 1. The van der Waals surface area contributed by atoms with Crippen LogP contribution in [-0.4, -0.2) is 33.8 Å². The molecule has 1 unspecified atom stereocenters. The van der Waals surface area contributed by atoms with Crippen LogP contribution in [0.5, 0.6) is 11.5 Å². The molecule has 2 N–H and O–H groups in total. The molecule has 1 heterocycles. The number of nitrogens with one attached hydrogen (secondary N) is 2. The van der Waals surface area contributed by atoms with Gasteiger partial charge >= 0.3 is 0 Å². The quantitative estimate of drug-likeness (QED) is 0.835. The summed E-state index contributed by atoms with van der Waals surface area (Å²) in [5.74, 6) is 0.864. The monoisotopic (exact) mass is 376 g/mol. The Morgan fingerprint density at radius 1 is 1.08 bits per heavy atom. The molecule has 0 radical (unpaired) electrons. The third kappa shape index (κ3) is 4.26. The Morgan fingerprint density at radius 2 is 1.77 bits per heavy atom. The summed E-state index contributed by atoms with van der Waals surface area (Å²) in [7, 11) is -3.42. The molecule has 1 amide bonds. The van der Waals surface area contributed by atoms with Crippen LogP contribution in [0.25, 0.3) is 0 Å². The highest BCUT2D eigenvalue weighted by Gasteiger charge is 2.18. The van der Waals surface area contributed by atoms with Crippen molar-refractivity contribution in [2.24, 2.45) is 0 Å². The number of carbonyl (C=O) groups excluding carboxylic acids is 1. The van der Waals surface area contributed by atoms with Crippen molar-refractivity contribution in [2.45, 2.75) is 13.0 Å². The second kappa shape index (κ2) is 7.25. The molecule has 8 heteroatoms. The number of benzene rings is 2. The van der Waals surface area contributed by atoms with E-state index in [1.54, 1.807) is 49.4 Å². The van der Waals surface area contributed by atoms with Gasteiger partial charge in [-0.3, -0.25) is 9.52 Å². The summed E-state index contributed by atoms with van der Waals surface area (Å²) >= 11 is 0. The van der Waals surface area contributed by atoms with Gasteiger partial charge < -0.3 is 14.8 Å². The van der Waals surface area contributed by atoms with E-state index >= 15 is 0 Å². The van der Waals surface area contributed by atoms with Crippen LogP contribution in [-0.2, 0) is 10.0 Å². The van der Waals surface area contributed by atoms with Crippen LogP contribution in [0.2, 0.25) is 0 Å². The van der Waals surface area contributed by atoms with E-state index < -0.39 is 16.1 Å². The molecule has 0 bridgehead atoms. The molecular formula is C18H20N2O5S. The predicted molar refractivity (Wildman–Crippen MR) is 98.2 cm³/mol. The highest BCUT2D eigenvalue weighted by atomic mass is 32.2. The van der Waals surface area contributed by atoms with Crippen molar-refractivity contribution in [1.29, 1.82) is 0 Å². The lowest BCUT2D eigenvalue weighted by atomic mass is 10.1. The number of hydrogen-bond acceptors (Lipinski definition) is 5. The largest absolute Gasteiger partial charge is 0.486 e. The van der Waals surface area contributed by atoms with Gasteiger partial charge in [-0.15, -0.1) is 0 Å². The standard InChI is InChI=1S/C18H20N2O5S/c1-12(14-5-3-4-6-15(14)20-26(2,22)23)19-18(21)13-7-8-16-17(11-13)25-10-9-24-16/h3-8,11-12,20H,9-10H2,1-2H3,(H,19,21). The molecular weight excluding hydrogens is 356 g/mol. The average molecular weight is 376 g/mol. The summed E-state index contributed by atoms with van der Waals surface area (Å²) in [4.78, 5) is 12.6. The van der Waals surface area contributed by atoms with Gasteiger partial charge in [-0.2, -0.15) is 0 Å². The van der Waals surface area contributed by atoms with Gasteiger partial charge in [0.05, 0.1) is 18.0 Å². The first kappa shape index (κ1) is 18.1. The Hall–Kier alpha value is -2.74. The molecule has 0 fully saturated rings. The summed E-state index contributed by atoms with van der Waals surface area (Å²) in [5, 5.41) is 2.88. The van der Waals surface area contributed by atoms with Crippen molar-refractivity contribution in [2.75, 3.05) is 24.2 Å². The van der Waals surface area contributed by atoms with Gasteiger partial charge in [0.1, 0.15) is 13.2 Å². The van der Waals surface area contributed by atoms with Crippen LogP contribution >= 0.6 is 0 Å². The fraction of sp³-hybridized carbons (Fsp3) is 0.278. The van der Waals surface area contributed by atoms with E-state index in [1.165, 1.54) is 0 Å². The number of para-hydroxylation sites is 1. The first-order valence-corrected chi connectivity index (χ1v) is 10.00. The summed E-state index contributed by atoms with van der Waals surface area (Å²) in [5.41, 5.74) is 1.54. The van der Waals surface area contributed by atoms with Gasteiger partial charge in [0.2, 0.25) is 10.0 Å². The molecule has 0 aromatic heterocycles. The lowest BCUT2D eigenvalue weighted by molar-refractivity contribution is 0.0938. The Labute approximate surface area is 152 Å². The summed E-state index contributed by atoms with van der Waals surface area (Å²) in [6, 6.07) is 11.5. The normalized spacial score (nSPS) is 14.4. The van der Waals surface area contributed by atoms with Crippen molar-refractivity contribution in [1.82, 2.24) is 5.32 Å². The Bertz CT molecular complexity index is 927. The molecule has 0 saturated carbocycles. The van der Waals surface area contributed by atoms with Gasteiger partial charge in [-0.25, -0.2) is 8.42 Å². The van der Waals surface area contributed by atoms with Gasteiger partial charge in [0, 0.05) is 5.56 Å². The second-order valence-electron chi connectivity index (χ2n) is 6.02. The maximum absolute atomic E-state index is 12.6. The van der Waals surface area contributed by atoms with E-state index in [4.69, 9.17) is 9.47 Å². The molecule has 138 valence electrons. The van der Waals surface area contributed by atoms with Gasteiger partial charge in [-0.1, -0.05) is 18.2 Å². The lowest BCUT2D eigenvalue weighted by Gasteiger charge is -2.20. The molecule has 1 atom stereocenters. The molecule has 26 heavy (non-hydrogen) atoms.